The zero-order valence-electron chi connectivity index (χ0n) is 12.0. The van der Waals surface area contributed by atoms with E-state index >= 15 is 0 Å². The largest absolute Gasteiger partial charge is 0.351 e. The molecule has 0 spiro atoms. The summed E-state index contributed by atoms with van der Waals surface area (Å²) >= 11 is 0. The molecule has 0 aromatic carbocycles. The molecule has 2 aromatic rings. The Balaban J connectivity index is 2.40. The van der Waals surface area contributed by atoms with Crippen LogP contribution in [0.5, 0.6) is 0 Å². The van der Waals surface area contributed by atoms with E-state index < -0.39 is 0 Å². The van der Waals surface area contributed by atoms with Crippen LogP contribution in [0.25, 0.3) is 11.4 Å². The van der Waals surface area contributed by atoms with E-state index in [-0.39, 0.29) is 0 Å². The van der Waals surface area contributed by atoms with Gasteiger partial charge < -0.3 is 9.97 Å². The van der Waals surface area contributed by atoms with Crippen LogP contribution in [0.1, 0.15) is 58.8 Å². The molecule has 0 aliphatic rings. The van der Waals surface area contributed by atoms with E-state index in [1.807, 2.05) is 12.1 Å². The molecule has 0 saturated heterocycles. The predicted octanol–water partition coefficient (Wildman–Crippen LogP) is 3.54. The van der Waals surface area contributed by atoms with Gasteiger partial charge >= 0.3 is 0 Å². The number of nitrogens with one attached hydrogen (secondary N) is 2. The van der Waals surface area contributed by atoms with E-state index in [0.717, 1.165) is 60.8 Å². The van der Waals surface area contributed by atoms with Crippen molar-refractivity contribution in [2.45, 2.75) is 39.5 Å². The minimum atomic E-state index is 0.626. The first kappa shape index (κ1) is 14.3. The van der Waals surface area contributed by atoms with Gasteiger partial charge in [-0.15, -0.1) is 0 Å². The summed E-state index contributed by atoms with van der Waals surface area (Å²) in [6, 6.07) is 3.98. The average Bonchev–Trinajstić information content (AvgIpc) is 3.03. The lowest BCUT2D eigenvalue weighted by Gasteiger charge is -1.92. The molecule has 0 saturated carbocycles. The van der Waals surface area contributed by atoms with Crippen LogP contribution in [0.3, 0.4) is 0 Å². The van der Waals surface area contributed by atoms with Crippen molar-refractivity contribution >= 4 is 12.6 Å². The van der Waals surface area contributed by atoms with Gasteiger partial charge in [-0.05, 0) is 36.1 Å². The van der Waals surface area contributed by atoms with Crippen molar-refractivity contribution in [1.29, 1.82) is 0 Å². The maximum Gasteiger partial charge on any atom is 0.166 e. The highest BCUT2D eigenvalue weighted by atomic mass is 16.1. The first-order valence-corrected chi connectivity index (χ1v) is 7.07. The van der Waals surface area contributed by atoms with Crippen molar-refractivity contribution in [1.82, 2.24) is 9.97 Å². The number of hydrogen-bond acceptors (Lipinski definition) is 2. The molecule has 0 amide bonds. The number of aldehydes is 2. The average molecular weight is 272 g/mol. The zero-order chi connectivity index (χ0) is 14.5. The van der Waals surface area contributed by atoms with E-state index in [1.165, 1.54) is 0 Å². The molecule has 0 aliphatic heterocycles. The highest BCUT2D eigenvalue weighted by Crippen LogP contribution is 2.24. The Kier molecular flexibility index (Phi) is 4.56. The normalized spacial score (nSPS) is 10.7. The molecular weight excluding hydrogens is 252 g/mol. The zero-order valence-corrected chi connectivity index (χ0v) is 12.0. The molecule has 2 aromatic heterocycles. The van der Waals surface area contributed by atoms with Gasteiger partial charge in [-0.2, -0.15) is 0 Å². The number of hydrogen-bond donors (Lipinski definition) is 2. The smallest absolute Gasteiger partial charge is 0.166 e. The lowest BCUT2D eigenvalue weighted by molar-refractivity contribution is 0.111. The van der Waals surface area contributed by atoms with Gasteiger partial charge in [0.05, 0.1) is 22.8 Å². The number of aromatic amines is 2. The van der Waals surface area contributed by atoms with Crippen LogP contribution in [-0.4, -0.2) is 22.5 Å². The quantitative estimate of drug-likeness (QED) is 0.757. The fourth-order valence-electron chi connectivity index (χ4n) is 2.48. The van der Waals surface area contributed by atoms with Crippen LogP contribution in [-0.2, 0) is 12.8 Å². The van der Waals surface area contributed by atoms with Gasteiger partial charge in [0, 0.05) is 0 Å². The van der Waals surface area contributed by atoms with Crippen LogP contribution in [0.2, 0.25) is 0 Å². The number of rotatable bonds is 7. The van der Waals surface area contributed by atoms with E-state index in [9.17, 15) is 9.59 Å². The van der Waals surface area contributed by atoms with Gasteiger partial charge in [0.25, 0.3) is 0 Å². The second-order valence-corrected chi connectivity index (χ2v) is 4.98. The van der Waals surface area contributed by atoms with Crippen molar-refractivity contribution in [2.75, 3.05) is 0 Å². The van der Waals surface area contributed by atoms with Gasteiger partial charge in [-0.3, -0.25) is 9.59 Å². The van der Waals surface area contributed by atoms with Crippen molar-refractivity contribution in [3.8, 4) is 11.4 Å². The minimum Gasteiger partial charge on any atom is -0.351 e. The summed E-state index contributed by atoms with van der Waals surface area (Å²) in [5.41, 5.74) is 5.03. The fraction of sp³-hybridized carbons (Fsp3) is 0.375. The summed E-state index contributed by atoms with van der Waals surface area (Å²) in [6.45, 7) is 4.17. The molecule has 4 heteroatoms. The molecular formula is C16H20N2O2. The molecule has 0 fully saturated rings. The Hall–Kier alpha value is -2.10. The summed E-state index contributed by atoms with van der Waals surface area (Å²) in [5, 5.41) is 0. The first-order valence-electron chi connectivity index (χ1n) is 7.07. The van der Waals surface area contributed by atoms with Crippen LogP contribution < -0.4 is 0 Å². The van der Waals surface area contributed by atoms with E-state index in [2.05, 4.69) is 23.8 Å². The van der Waals surface area contributed by atoms with Crippen LogP contribution in [0.4, 0.5) is 0 Å². The summed E-state index contributed by atoms with van der Waals surface area (Å²) in [6.07, 6.45) is 5.42. The molecule has 4 nitrogen and oxygen atoms in total. The summed E-state index contributed by atoms with van der Waals surface area (Å²) in [7, 11) is 0. The third-order valence-electron chi connectivity index (χ3n) is 3.43. The predicted molar refractivity (Wildman–Crippen MR) is 79.3 cm³/mol. The van der Waals surface area contributed by atoms with Crippen molar-refractivity contribution < 1.29 is 9.59 Å². The van der Waals surface area contributed by atoms with E-state index in [4.69, 9.17) is 0 Å². The standard InChI is InChI=1S/C16H20N2O2/c1-3-5-11-7-13(17-15(11)9-19)14-8-12(6-4-2)16(10-20)18-14/h7-10,17-18H,3-6H2,1-2H3. The Morgan fingerprint density at radius 3 is 1.55 bits per heavy atom. The van der Waals surface area contributed by atoms with Gasteiger partial charge in [-0.1, -0.05) is 26.7 Å². The molecule has 2 N–H and O–H groups in total. The number of carbonyl (C=O) groups excluding carboxylic acids is 2. The van der Waals surface area contributed by atoms with E-state index in [0.29, 0.717) is 11.4 Å². The van der Waals surface area contributed by atoms with E-state index in [1.54, 1.807) is 0 Å². The third kappa shape index (κ3) is 2.74. The minimum absolute atomic E-state index is 0.626. The summed E-state index contributed by atoms with van der Waals surface area (Å²) in [4.78, 5) is 28.4. The topological polar surface area (TPSA) is 65.7 Å². The monoisotopic (exact) mass is 272 g/mol. The Bertz CT molecular complexity index is 554. The molecule has 0 radical (unpaired) electrons. The molecule has 2 heterocycles. The summed E-state index contributed by atoms with van der Waals surface area (Å²) in [5.74, 6) is 0. The molecule has 0 unspecified atom stereocenters. The molecule has 2 rings (SSSR count). The van der Waals surface area contributed by atoms with Crippen molar-refractivity contribution in [3.05, 3.63) is 34.6 Å². The Labute approximate surface area is 118 Å². The highest BCUT2D eigenvalue weighted by molar-refractivity contribution is 5.80. The number of H-pyrrole nitrogens is 2. The van der Waals surface area contributed by atoms with Gasteiger partial charge in [0.2, 0.25) is 0 Å². The maximum absolute atomic E-state index is 11.1. The highest BCUT2D eigenvalue weighted by Gasteiger charge is 2.12. The van der Waals surface area contributed by atoms with Crippen molar-refractivity contribution in [3.63, 3.8) is 0 Å². The summed E-state index contributed by atoms with van der Waals surface area (Å²) < 4.78 is 0. The van der Waals surface area contributed by atoms with Crippen LogP contribution in [0, 0.1) is 0 Å². The Morgan fingerprint density at radius 1 is 0.850 bits per heavy atom. The lowest BCUT2D eigenvalue weighted by atomic mass is 10.1. The van der Waals surface area contributed by atoms with Crippen LogP contribution in [0.15, 0.2) is 12.1 Å². The lowest BCUT2D eigenvalue weighted by Crippen LogP contribution is -1.88. The molecule has 0 bridgehead atoms. The third-order valence-corrected chi connectivity index (χ3v) is 3.43. The number of carbonyl (C=O) groups is 2. The van der Waals surface area contributed by atoms with Gasteiger partial charge in [0.1, 0.15) is 0 Å². The fourth-order valence-corrected chi connectivity index (χ4v) is 2.48. The van der Waals surface area contributed by atoms with Crippen molar-refractivity contribution in [2.24, 2.45) is 0 Å². The van der Waals surface area contributed by atoms with Crippen LogP contribution >= 0.6 is 0 Å². The number of aryl methyl sites for hydroxylation is 2. The molecule has 0 aliphatic carbocycles. The van der Waals surface area contributed by atoms with Gasteiger partial charge in [0.15, 0.2) is 12.6 Å². The molecule has 0 atom stereocenters. The molecule has 106 valence electrons. The second kappa shape index (κ2) is 6.37. The Morgan fingerprint density at radius 2 is 1.25 bits per heavy atom. The second-order valence-electron chi connectivity index (χ2n) is 4.98. The maximum atomic E-state index is 11.1. The SMILES string of the molecule is CCCc1cc(-c2cc(CCC)c(C=O)[nH]2)[nH]c1C=O. The number of aromatic nitrogens is 2. The first-order chi connectivity index (χ1) is 9.73. The molecule has 20 heavy (non-hydrogen) atoms. The van der Waals surface area contributed by atoms with Gasteiger partial charge in [-0.25, -0.2) is 0 Å².